The van der Waals surface area contributed by atoms with Gasteiger partial charge in [0.2, 0.25) is 0 Å². The van der Waals surface area contributed by atoms with E-state index in [0.29, 0.717) is 17.8 Å². The van der Waals surface area contributed by atoms with Gasteiger partial charge in [-0.05, 0) is 24.7 Å². The van der Waals surface area contributed by atoms with Crippen LogP contribution < -0.4 is 0 Å². The highest BCUT2D eigenvalue weighted by atomic mass is 16.3. The molecule has 0 amide bonds. The van der Waals surface area contributed by atoms with E-state index in [1.807, 2.05) is 6.08 Å². The van der Waals surface area contributed by atoms with E-state index < -0.39 is 0 Å². The zero-order valence-electron chi connectivity index (χ0n) is 12.6. The molecule has 0 aromatic carbocycles. The highest BCUT2D eigenvalue weighted by Crippen LogP contribution is 2.40. The molecule has 2 N–H and O–H groups in total. The number of fused-ring (bicyclic) bond motifs is 1. The first-order valence-corrected chi connectivity index (χ1v) is 8.03. The van der Waals surface area contributed by atoms with Gasteiger partial charge in [0, 0.05) is 31.7 Å². The largest absolute Gasteiger partial charge is 0.396 e. The molecule has 3 heteroatoms. The number of hydrogen-bond donors (Lipinski definition) is 2. The van der Waals surface area contributed by atoms with Crippen LogP contribution in [0.2, 0.25) is 0 Å². The summed E-state index contributed by atoms with van der Waals surface area (Å²) >= 11 is 0. The predicted molar refractivity (Wildman–Crippen MR) is 82.4 cm³/mol. The van der Waals surface area contributed by atoms with Gasteiger partial charge in [-0.2, -0.15) is 0 Å². The number of rotatable bonds is 7. The second kappa shape index (κ2) is 7.39. The van der Waals surface area contributed by atoms with Crippen LogP contribution in [0.5, 0.6) is 0 Å². The standard InChI is InChI=1S/C17H29NO2/c1-3-5-6-16(20)17-15-8-7-13(12-19)10-14(15)11-18(17)9-4-2/h4,7-8,13-17,19-20H,2-3,5-6,9-12H2,1H3/t13-,14+,15+,16-,17+/m0/s1. The maximum absolute atomic E-state index is 10.6. The molecule has 1 aliphatic heterocycles. The first-order chi connectivity index (χ1) is 9.71. The summed E-state index contributed by atoms with van der Waals surface area (Å²) in [6.45, 7) is 8.12. The molecular formula is C17H29NO2. The lowest BCUT2D eigenvalue weighted by Gasteiger charge is -2.32. The molecule has 1 aliphatic carbocycles. The Kier molecular flexibility index (Phi) is 5.82. The third kappa shape index (κ3) is 3.33. The van der Waals surface area contributed by atoms with Crippen LogP contribution in [0.15, 0.2) is 24.8 Å². The molecule has 0 aromatic heterocycles. The third-order valence-corrected chi connectivity index (χ3v) is 4.89. The van der Waals surface area contributed by atoms with Crippen molar-refractivity contribution in [1.29, 1.82) is 0 Å². The summed E-state index contributed by atoms with van der Waals surface area (Å²) in [5.41, 5.74) is 0. The molecule has 20 heavy (non-hydrogen) atoms. The second-order valence-corrected chi connectivity index (χ2v) is 6.34. The molecule has 2 aliphatic rings. The van der Waals surface area contributed by atoms with Gasteiger partial charge < -0.3 is 10.2 Å². The topological polar surface area (TPSA) is 43.7 Å². The molecule has 1 fully saturated rings. The number of likely N-dealkylation sites (tertiary alicyclic amines) is 1. The highest BCUT2D eigenvalue weighted by molar-refractivity contribution is 5.11. The molecule has 2 rings (SSSR count). The molecule has 0 bridgehead atoms. The fourth-order valence-electron chi connectivity index (χ4n) is 3.90. The van der Waals surface area contributed by atoms with Crippen LogP contribution in [0, 0.1) is 17.8 Å². The van der Waals surface area contributed by atoms with Crippen molar-refractivity contribution in [1.82, 2.24) is 4.90 Å². The smallest absolute Gasteiger partial charge is 0.0701 e. The van der Waals surface area contributed by atoms with Gasteiger partial charge in [0.05, 0.1) is 6.10 Å². The van der Waals surface area contributed by atoms with E-state index in [1.54, 1.807) is 0 Å². The summed E-state index contributed by atoms with van der Waals surface area (Å²) in [7, 11) is 0. The quantitative estimate of drug-likeness (QED) is 0.702. The van der Waals surface area contributed by atoms with Crippen molar-refractivity contribution in [2.75, 3.05) is 19.7 Å². The molecule has 1 saturated heterocycles. The Hall–Kier alpha value is -0.640. The van der Waals surface area contributed by atoms with Crippen LogP contribution in [0.25, 0.3) is 0 Å². The second-order valence-electron chi connectivity index (χ2n) is 6.34. The molecule has 0 saturated carbocycles. The molecule has 0 unspecified atom stereocenters. The van der Waals surface area contributed by atoms with E-state index in [1.165, 1.54) is 0 Å². The van der Waals surface area contributed by atoms with Crippen LogP contribution in [0.4, 0.5) is 0 Å². The minimum absolute atomic E-state index is 0.223. The molecular weight excluding hydrogens is 250 g/mol. The lowest BCUT2D eigenvalue weighted by Crippen LogP contribution is -2.42. The molecule has 1 heterocycles. The Morgan fingerprint density at radius 3 is 2.90 bits per heavy atom. The molecule has 0 aromatic rings. The zero-order valence-corrected chi connectivity index (χ0v) is 12.6. The number of aliphatic hydroxyl groups is 2. The van der Waals surface area contributed by atoms with E-state index in [4.69, 9.17) is 0 Å². The van der Waals surface area contributed by atoms with Crippen LogP contribution in [-0.2, 0) is 0 Å². The number of nitrogens with zero attached hydrogens (tertiary/aromatic N) is 1. The Bertz CT molecular complexity index is 342. The van der Waals surface area contributed by atoms with E-state index in [9.17, 15) is 10.2 Å². The number of hydrogen-bond acceptors (Lipinski definition) is 3. The Morgan fingerprint density at radius 1 is 1.45 bits per heavy atom. The zero-order chi connectivity index (χ0) is 14.5. The van der Waals surface area contributed by atoms with Gasteiger partial charge in [-0.1, -0.05) is 38.0 Å². The van der Waals surface area contributed by atoms with Crippen molar-refractivity contribution in [3.63, 3.8) is 0 Å². The van der Waals surface area contributed by atoms with Crippen molar-refractivity contribution in [2.24, 2.45) is 17.8 Å². The lowest BCUT2D eigenvalue weighted by atomic mass is 9.77. The van der Waals surface area contributed by atoms with Crippen molar-refractivity contribution in [3.05, 3.63) is 24.8 Å². The summed E-state index contributed by atoms with van der Waals surface area (Å²) in [5, 5.41) is 19.9. The molecule has 114 valence electrons. The van der Waals surface area contributed by atoms with Crippen LogP contribution in [-0.4, -0.2) is 47.0 Å². The summed E-state index contributed by atoms with van der Waals surface area (Å²) < 4.78 is 0. The van der Waals surface area contributed by atoms with Crippen molar-refractivity contribution in [2.45, 2.75) is 44.8 Å². The number of unbranched alkanes of at least 4 members (excludes halogenated alkanes) is 1. The summed E-state index contributed by atoms with van der Waals surface area (Å²) in [6.07, 6.45) is 10.2. The third-order valence-electron chi connectivity index (χ3n) is 4.89. The van der Waals surface area contributed by atoms with Crippen molar-refractivity contribution in [3.8, 4) is 0 Å². The summed E-state index contributed by atoms with van der Waals surface area (Å²) in [4.78, 5) is 2.38. The number of aliphatic hydroxyl groups excluding tert-OH is 2. The maximum atomic E-state index is 10.6. The SMILES string of the molecule is C=CCN1C[C@H]2C[C@@H](CO)C=C[C@H]2[C@@H]1[C@@H](O)CCCC. The Labute approximate surface area is 123 Å². The Morgan fingerprint density at radius 2 is 2.25 bits per heavy atom. The maximum Gasteiger partial charge on any atom is 0.0701 e. The average molecular weight is 279 g/mol. The minimum Gasteiger partial charge on any atom is -0.396 e. The van der Waals surface area contributed by atoms with Gasteiger partial charge in [0.25, 0.3) is 0 Å². The first-order valence-electron chi connectivity index (χ1n) is 8.03. The molecule has 3 nitrogen and oxygen atoms in total. The van der Waals surface area contributed by atoms with Crippen LogP contribution >= 0.6 is 0 Å². The van der Waals surface area contributed by atoms with Gasteiger partial charge in [0.1, 0.15) is 0 Å². The fourth-order valence-corrected chi connectivity index (χ4v) is 3.90. The van der Waals surface area contributed by atoms with Gasteiger partial charge in [-0.3, -0.25) is 4.90 Å². The van der Waals surface area contributed by atoms with Gasteiger partial charge in [0.15, 0.2) is 0 Å². The average Bonchev–Trinajstić information content (AvgIpc) is 2.82. The minimum atomic E-state index is -0.250. The van der Waals surface area contributed by atoms with Gasteiger partial charge in [-0.15, -0.1) is 6.58 Å². The Balaban J connectivity index is 2.10. The molecule has 0 spiro atoms. The molecule has 5 atom stereocenters. The monoisotopic (exact) mass is 279 g/mol. The van der Waals surface area contributed by atoms with Crippen molar-refractivity contribution >= 4 is 0 Å². The van der Waals surface area contributed by atoms with Crippen LogP contribution in [0.3, 0.4) is 0 Å². The fraction of sp³-hybridized carbons (Fsp3) is 0.765. The van der Waals surface area contributed by atoms with Crippen molar-refractivity contribution < 1.29 is 10.2 Å². The predicted octanol–water partition coefficient (Wildman–Crippen LogP) is 2.21. The van der Waals surface area contributed by atoms with E-state index in [2.05, 4.69) is 30.6 Å². The summed E-state index contributed by atoms with van der Waals surface area (Å²) in [6, 6.07) is 0.223. The highest BCUT2D eigenvalue weighted by Gasteiger charge is 2.44. The van der Waals surface area contributed by atoms with E-state index in [-0.39, 0.29) is 18.8 Å². The van der Waals surface area contributed by atoms with Crippen LogP contribution in [0.1, 0.15) is 32.6 Å². The normalized spacial score (nSPS) is 35.0. The van der Waals surface area contributed by atoms with E-state index >= 15 is 0 Å². The summed E-state index contributed by atoms with van der Waals surface area (Å²) in [5.74, 6) is 1.30. The molecule has 0 radical (unpaired) electrons. The lowest BCUT2D eigenvalue weighted by molar-refractivity contribution is 0.0569. The van der Waals surface area contributed by atoms with Gasteiger partial charge >= 0.3 is 0 Å². The van der Waals surface area contributed by atoms with E-state index in [0.717, 1.165) is 38.8 Å². The first kappa shape index (κ1) is 15.7. The van der Waals surface area contributed by atoms with Gasteiger partial charge in [-0.25, -0.2) is 0 Å².